The van der Waals surface area contributed by atoms with Crippen LogP contribution in [0, 0.1) is 6.92 Å². The number of nitrogens with zero attached hydrogens (tertiary/aromatic N) is 4. The number of aryl methyl sites for hydroxylation is 1. The van der Waals surface area contributed by atoms with E-state index in [-0.39, 0.29) is 17.3 Å². The fourth-order valence-corrected chi connectivity index (χ4v) is 3.76. The second kappa shape index (κ2) is 8.41. The van der Waals surface area contributed by atoms with Crippen LogP contribution in [-0.2, 0) is 14.8 Å². The molecular formula is C19H22N6O3S. The first kappa shape index (κ1) is 20.5. The number of sulfonamides is 1. The van der Waals surface area contributed by atoms with Crippen LogP contribution >= 0.6 is 0 Å². The molecule has 152 valence electrons. The molecule has 29 heavy (non-hydrogen) atoms. The first-order valence-electron chi connectivity index (χ1n) is 8.79. The minimum Gasteiger partial charge on any atom is -0.376 e. The molecular weight excluding hydrogens is 392 g/mol. The molecule has 0 bridgehead atoms. The summed E-state index contributed by atoms with van der Waals surface area (Å²) < 4.78 is 27.6. The summed E-state index contributed by atoms with van der Waals surface area (Å²) in [5, 5.41) is 9.80. The molecule has 0 unspecified atom stereocenters. The van der Waals surface area contributed by atoms with Crippen molar-refractivity contribution in [3.8, 4) is 5.69 Å². The highest BCUT2D eigenvalue weighted by atomic mass is 32.2. The lowest BCUT2D eigenvalue weighted by molar-refractivity contribution is -0.114. The predicted molar refractivity (Wildman–Crippen MR) is 111 cm³/mol. The molecule has 9 nitrogen and oxygen atoms in total. The smallest absolute Gasteiger partial charge is 0.243 e. The monoisotopic (exact) mass is 414 g/mol. The SMILES string of the molecule is Cc1ccc(NC(=O)CNc2ccc(-n3cncn3)cc2)cc1S(=O)(=O)N(C)C. The number of rotatable bonds is 7. The van der Waals surface area contributed by atoms with Gasteiger partial charge in [0.1, 0.15) is 12.7 Å². The highest BCUT2D eigenvalue weighted by Gasteiger charge is 2.20. The Bertz CT molecular complexity index is 1090. The molecule has 0 saturated carbocycles. The van der Waals surface area contributed by atoms with Crippen molar-refractivity contribution in [3.63, 3.8) is 0 Å². The zero-order valence-electron chi connectivity index (χ0n) is 16.3. The van der Waals surface area contributed by atoms with E-state index < -0.39 is 10.0 Å². The number of anilines is 2. The van der Waals surface area contributed by atoms with Crippen LogP contribution in [-0.4, -0.2) is 54.0 Å². The van der Waals surface area contributed by atoms with E-state index in [1.54, 1.807) is 30.1 Å². The van der Waals surface area contributed by atoms with Gasteiger partial charge in [0.15, 0.2) is 0 Å². The minimum atomic E-state index is -3.59. The molecule has 1 heterocycles. The zero-order valence-corrected chi connectivity index (χ0v) is 17.1. The standard InChI is InChI=1S/C19H22N6O3S/c1-14-4-5-16(10-18(14)29(27,28)24(2)3)23-19(26)11-21-15-6-8-17(9-7-15)25-13-20-12-22-25/h4-10,12-13,21H,11H2,1-3H3,(H,23,26). The van der Waals surface area contributed by atoms with Gasteiger partial charge in [-0.25, -0.2) is 22.4 Å². The van der Waals surface area contributed by atoms with Crippen molar-refractivity contribution >= 4 is 27.3 Å². The van der Waals surface area contributed by atoms with Crippen LogP contribution in [0.3, 0.4) is 0 Å². The lowest BCUT2D eigenvalue weighted by Gasteiger charge is -2.15. The zero-order chi connectivity index (χ0) is 21.0. The lowest BCUT2D eigenvalue weighted by Crippen LogP contribution is -2.24. The Hall–Kier alpha value is -3.24. The van der Waals surface area contributed by atoms with E-state index in [1.807, 2.05) is 24.3 Å². The molecule has 2 aromatic carbocycles. The second-order valence-corrected chi connectivity index (χ2v) is 8.68. The van der Waals surface area contributed by atoms with E-state index in [9.17, 15) is 13.2 Å². The van der Waals surface area contributed by atoms with E-state index in [1.165, 1.54) is 26.5 Å². The number of aromatic nitrogens is 3. The topological polar surface area (TPSA) is 109 Å². The summed E-state index contributed by atoms with van der Waals surface area (Å²) in [5.41, 5.74) is 2.65. The molecule has 3 rings (SSSR count). The van der Waals surface area contributed by atoms with Crippen LogP contribution < -0.4 is 10.6 Å². The summed E-state index contributed by atoms with van der Waals surface area (Å²) in [6.07, 6.45) is 3.05. The number of carbonyl (C=O) groups excluding carboxylic acids is 1. The van der Waals surface area contributed by atoms with Gasteiger partial charge >= 0.3 is 0 Å². The van der Waals surface area contributed by atoms with Gasteiger partial charge in [0.25, 0.3) is 0 Å². The largest absolute Gasteiger partial charge is 0.376 e. The Kier molecular flexibility index (Phi) is 5.95. The number of amides is 1. The van der Waals surface area contributed by atoms with Gasteiger partial charge in [-0.15, -0.1) is 0 Å². The van der Waals surface area contributed by atoms with Gasteiger partial charge in [0, 0.05) is 25.5 Å². The molecule has 0 radical (unpaired) electrons. The summed E-state index contributed by atoms with van der Waals surface area (Å²) >= 11 is 0. The van der Waals surface area contributed by atoms with Gasteiger partial charge in [-0.2, -0.15) is 5.10 Å². The molecule has 2 N–H and O–H groups in total. The summed E-state index contributed by atoms with van der Waals surface area (Å²) in [7, 11) is -0.648. The van der Waals surface area contributed by atoms with Gasteiger partial charge in [-0.05, 0) is 48.9 Å². The Balaban J connectivity index is 1.62. The molecule has 1 amide bonds. The van der Waals surface area contributed by atoms with Gasteiger partial charge in [0.2, 0.25) is 15.9 Å². The molecule has 0 saturated heterocycles. The number of benzene rings is 2. The molecule has 10 heteroatoms. The summed E-state index contributed by atoms with van der Waals surface area (Å²) in [6.45, 7) is 1.75. The van der Waals surface area contributed by atoms with Crippen molar-refractivity contribution in [1.82, 2.24) is 19.1 Å². The van der Waals surface area contributed by atoms with Crippen LogP contribution in [0.4, 0.5) is 11.4 Å². The lowest BCUT2D eigenvalue weighted by atomic mass is 10.2. The van der Waals surface area contributed by atoms with E-state index in [2.05, 4.69) is 20.7 Å². The summed E-state index contributed by atoms with van der Waals surface area (Å²) in [6, 6.07) is 12.2. The fourth-order valence-electron chi connectivity index (χ4n) is 2.61. The van der Waals surface area contributed by atoms with Crippen LogP contribution in [0.2, 0.25) is 0 Å². The van der Waals surface area contributed by atoms with E-state index in [0.29, 0.717) is 11.3 Å². The van der Waals surface area contributed by atoms with Gasteiger partial charge in [0.05, 0.1) is 17.1 Å². The number of carbonyl (C=O) groups is 1. The third-order valence-electron chi connectivity index (χ3n) is 4.23. The maximum absolute atomic E-state index is 12.4. The quantitative estimate of drug-likeness (QED) is 0.611. The van der Waals surface area contributed by atoms with E-state index >= 15 is 0 Å². The first-order chi connectivity index (χ1) is 13.8. The average Bonchev–Trinajstić information content (AvgIpc) is 3.23. The van der Waals surface area contributed by atoms with Crippen molar-refractivity contribution < 1.29 is 13.2 Å². The minimum absolute atomic E-state index is 0.0340. The normalized spacial score (nSPS) is 11.4. The molecule has 3 aromatic rings. The molecule has 0 aliphatic carbocycles. The Morgan fingerprint density at radius 3 is 2.41 bits per heavy atom. The molecule has 0 spiro atoms. The van der Waals surface area contributed by atoms with Crippen LogP contribution in [0.25, 0.3) is 5.69 Å². The fraction of sp³-hybridized carbons (Fsp3) is 0.211. The maximum atomic E-state index is 12.4. The van der Waals surface area contributed by atoms with Gasteiger partial charge < -0.3 is 10.6 Å². The summed E-state index contributed by atoms with van der Waals surface area (Å²) in [5.74, 6) is -0.289. The second-order valence-electron chi connectivity index (χ2n) is 6.56. The van der Waals surface area contributed by atoms with Crippen LogP contribution in [0.1, 0.15) is 5.56 Å². The average molecular weight is 414 g/mol. The molecule has 1 aromatic heterocycles. The summed E-state index contributed by atoms with van der Waals surface area (Å²) in [4.78, 5) is 16.3. The van der Waals surface area contributed by atoms with Crippen molar-refractivity contribution in [2.45, 2.75) is 11.8 Å². The van der Waals surface area contributed by atoms with Gasteiger partial charge in [-0.1, -0.05) is 6.07 Å². The van der Waals surface area contributed by atoms with Gasteiger partial charge in [-0.3, -0.25) is 4.79 Å². The Morgan fingerprint density at radius 2 is 1.79 bits per heavy atom. The van der Waals surface area contributed by atoms with Crippen molar-refractivity contribution in [2.75, 3.05) is 31.3 Å². The van der Waals surface area contributed by atoms with Crippen LogP contribution in [0.5, 0.6) is 0 Å². The number of hydrogen-bond acceptors (Lipinski definition) is 6. The molecule has 0 aliphatic heterocycles. The highest BCUT2D eigenvalue weighted by molar-refractivity contribution is 7.89. The third-order valence-corrected chi connectivity index (χ3v) is 6.19. The van der Waals surface area contributed by atoms with E-state index in [0.717, 1.165) is 15.7 Å². The Labute approximate surface area is 169 Å². The van der Waals surface area contributed by atoms with Crippen molar-refractivity contribution in [1.29, 1.82) is 0 Å². The van der Waals surface area contributed by atoms with Crippen LogP contribution in [0.15, 0.2) is 60.0 Å². The van der Waals surface area contributed by atoms with Crippen molar-refractivity contribution in [2.24, 2.45) is 0 Å². The van der Waals surface area contributed by atoms with E-state index in [4.69, 9.17) is 0 Å². The van der Waals surface area contributed by atoms with Crippen molar-refractivity contribution in [3.05, 3.63) is 60.7 Å². The highest BCUT2D eigenvalue weighted by Crippen LogP contribution is 2.22. The number of nitrogens with one attached hydrogen (secondary N) is 2. The number of hydrogen-bond donors (Lipinski definition) is 2. The maximum Gasteiger partial charge on any atom is 0.243 e. The predicted octanol–water partition coefficient (Wildman–Crippen LogP) is 1.88. The molecule has 0 atom stereocenters. The Morgan fingerprint density at radius 1 is 1.10 bits per heavy atom. The first-order valence-corrected chi connectivity index (χ1v) is 10.2. The molecule has 0 aliphatic rings. The molecule has 0 fully saturated rings. The third kappa shape index (κ3) is 4.79.